The van der Waals surface area contributed by atoms with Crippen LogP contribution in [0.4, 0.5) is 19.3 Å². The molecular weight excluding hydrogens is 649 g/mol. The van der Waals surface area contributed by atoms with Crippen molar-refractivity contribution >= 4 is 33.3 Å². The van der Waals surface area contributed by atoms with Gasteiger partial charge in [0.25, 0.3) is 5.56 Å². The topological polar surface area (TPSA) is 109 Å². The first-order chi connectivity index (χ1) is 23.7. The van der Waals surface area contributed by atoms with Crippen LogP contribution in [0.1, 0.15) is 16.7 Å². The number of hydrogen-bond donors (Lipinski definition) is 3. The summed E-state index contributed by atoms with van der Waals surface area (Å²) in [6.45, 7) is 0.345. The maximum atomic E-state index is 15.0. The van der Waals surface area contributed by atoms with E-state index in [4.69, 9.17) is 5.11 Å². The molecule has 49 heavy (non-hydrogen) atoms. The number of hydrogen-bond acceptors (Lipinski definition) is 6. The van der Waals surface area contributed by atoms with Gasteiger partial charge in [-0.05, 0) is 60.1 Å². The molecule has 2 aromatic heterocycles. The summed E-state index contributed by atoms with van der Waals surface area (Å²) in [5, 5.41) is 14.5. The Morgan fingerprint density at radius 1 is 0.837 bits per heavy atom. The zero-order valence-corrected chi connectivity index (χ0v) is 27.3. The minimum Gasteiger partial charge on any atom is -0.395 e. The van der Waals surface area contributed by atoms with E-state index in [2.05, 4.69) is 15.5 Å². The quantitative estimate of drug-likeness (QED) is 0.157. The third kappa shape index (κ3) is 7.21. The van der Waals surface area contributed by atoms with Gasteiger partial charge in [-0.25, -0.2) is 22.9 Å². The lowest BCUT2D eigenvalue weighted by molar-refractivity contribution is 0.245. The fourth-order valence-electron chi connectivity index (χ4n) is 5.71. The van der Waals surface area contributed by atoms with Gasteiger partial charge in [0.05, 0.1) is 24.2 Å². The van der Waals surface area contributed by atoms with E-state index in [-0.39, 0.29) is 28.9 Å². The van der Waals surface area contributed by atoms with Gasteiger partial charge < -0.3 is 15.7 Å². The van der Waals surface area contributed by atoms with Gasteiger partial charge in [-0.1, -0.05) is 66.7 Å². The van der Waals surface area contributed by atoms with Crippen LogP contribution in [0, 0.1) is 11.6 Å². The monoisotopic (exact) mass is 681 g/mol. The van der Waals surface area contributed by atoms with Crippen molar-refractivity contribution in [3.05, 3.63) is 152 Å². The fourth-order valence-corrected chi connectivity index (χ4v) is 7.01. The van der Waals surface area contributed by atoms with Crippen LogP contribution in [0.2, 0.25) is 0 Å². The first-order valence-corrected chi connectivity index (χ1v) is 16.3. The number of aliphatic hydroxyl groups is 1. The normalized spacial score (nSPS) is 11.3. The largest absolute Gasteiger partial charge is 0.395 e. The van der Waals surface area contributed by atoms with Crippen molar-refractivity contribution in [3.8, 4) is 16.1 Å². The van der Waals surface area contributed by atoms with Gasteiger partial charge in [0, 0.05) is 35.8 Å². The van der Waals surface area contributed by atoms with Crippen molar-refractivity contribution in [1.82, 2.24) is 19.4 Å². The number of aromatic nitrogens is 2. The number of anilines is 1. The molecule has 0 fully saturated rings. The molecule has 0 bridgehead atoms. The molecule has 0 saturated carbocycles. The molecule has 6 rings (SSSR count). The molecule has 12 heteroatoms. The van der Waals surface area contributed by atoms with Crippen LogP contribution in [-0.2, 0) is 19.6 Å². The summed E-state index contributed by atoms with van der Waals surface area (Å²) in [4.78, 5) is 43.9. The van der Waals surface area contributed by atoms with Crippen molar-refractivity contribution in [3.63, 3.8) is 0 Å². The number of fused-ring (bicyclic) bond motifs is 1. The van der Waals surface area contributed by atoms with Gasteiger partial charge in [0.2, 0.25) is 0 Å². The summed E-state index contributed by atoms with van der Waals surface area (Å²) in [5.41, 5.74) is 1.70. The minimum absolute atomic E-state index is 0.102. The smallest absolute Gasteiger partial charge is 0.337 e. The third-order valence-electron chi connectivity index (χ3n) is 7.99. The molecule has 6 aromatic rings. The number of carbonyl (C=O) groups is 1. The zero-order chi connectivity index (χ0) is 34.5. The van der Waals surface area contributed by atoms with Crippen LogP contribution >= 0.6 is 11.3 Å². The Balaban J connectivity index is 1.56. The molecule has 0 aliphatic carbocycles. The van der Waals surface area contributed by atoms with Crippen LogP contribution in [0.3, 0.4) is 0 Å². The van der Waals surface area contributed by atoms with Crippen molar-refractivity contribution in [2.24, 2.45) is 0 Å². The Hall–Kier alpha value is -5.43. The van der Waals surface area contributed by atoms with E-state index >= 15 is 8.78 Å². The van der Waals surface area contributed by atoms with Crippen LogP contribution in [0.5, 0.6) is 0 Å². The number of benzene rings is 4. The highest BCUT2D eigenvalue weighted by Crippen LogP contribution is 2.38. The van der Waals surface area contributed by atoms with E-state index in [0.717, 1.165) is 22.3 Å². The van der Waals surface area contributed by atoms with E-state index in [0.29, 0.717) is 40.5 Å². The van der Waals surface area contributed by atoms with Crippen LogP contribution in [0.15, 0.2) is 113 Å². The fraction of sp³-hybridized carbons (Fsp3) is 0.162. The Kier molecular flexibility index (Phi) is 10.1. The average Bonchev–Trinajstić information content (AvgIpc) is 3.47. The number of para-hydroxylation sites is 1. The van der Waals surface area contributed by atoms with E-state index in [9.17, 15) is 14.4 Å². The van der Waals surface area contributed by atoms with E-state index in [1.54, 1.807) is 54.6 Å². The van der Waals surface area contributed by atoms with Gasteiger partial charge in [-0.3, -0.25) is 14.3 Å². The molecule has 2 amide bonds. The Morgan fingerprint density at radius 2 is 1.49 bits per heavy atom. The Labute approximate surface area is 284 Å². The summed E-state index contributed by atoms with van der Waals surface area (Å²) in [6, 6.07) is 28.4. The SMILES string of the molecule is CN(Cc1ccccc1)Cc1c(-c2ccc(NC(=O)NCCO)cc2)sc2c1c(=O)n(-c1ccccc1)c(=O)n2Cc1c(F)cccc1F. The number of rotatable bonds is 11. The highest BCUT2D eigenvalue weighted by molar-refractivity contribution is 7.22. The second-order valence-electron chi connectivity index (χ2n) is 11.5. The Bertz CT molecular complexity index is 2200. The molecule has 250 valence electrons. The molecule has 0 spiro atoms. The van der Waals surface area contributed by atoms with Crippen molar-refractivity contribution in [2.45, 2.75) is 19.6 Å². The van der Waals surface area contributed by atoms with Gasteiger partial charge in [0.1, 0.15) is 16.5 Å². The lowest BCUT2D eigenvalue weighted by atomic mass is 10.1. The van der Waals surface area contributed by atoms with Gasteiger partial charge in [0.15, 0.2) is 0 Å². The molecule has 2 heterocycles. The summed E-state index contributed by atoms with van der Waals surface area (Å²) < 4.78 is 32.4. The maximum absolute atomic E-state index is 15.0. The first-order valence-electron chi connectivity index (χ1n) is 15.5. The number of urea groups is 1. The maximum Gasteiger partial charge on any atom is 0.337 e. The van der Waals surface area contributed by atoms with Gasteiger partial charge in [-0.15, -0.1) is 11.3 Å². The molecule has 0 saturated heterocycles. The van der Waals surface area contributed by atoms with Crippen molar-refractivity contribution < 1.29 is 18.7 Å². The number of nitrogens with one attached hydrogen (secondary N) is 2. The number of amides is 2. The number of halogens is 2. The molecule has 4 aromatic carbocycles. The Morgan fingerprint density at radius 3 is 2.14 bits per heavy atom. The van der Waals surface area contributed by atoms with E-state index < -0.39 is 35.5 Å². The molecule has 0 atom stereocenters. The van der Waals surface area contributed by atoms with Crippen LogP contribution in [-0.4, -0.2) is 45.4 Å². The lowest BCUT2D eigenvalue weighted by Crippen LogP contribution is -2.39. The summed E-state index contributed by atoms with van der Waals surface area (Å²) >= 11 is 1.20. The summed E-state index contributed by atoms with van der Waals surface area (Å²) in [7, 11) is 1.93. The van der Waals surface area contributed by atoms with Gasteiger partial charge in [-0.2, -0.15) is 0 Å². The van der Waals surface area contributed by atoms with Gasteiger partial charge >= 0.3 is 11.7 Å². The number of thiophene rings is 1. The molecular formula is C37H33F2N5O4S. The van der Waals surface area contributed by atoms with Crippen molar-refractivity contribution in [1.29, 1.82) is 0 Å². The van der Waals surface area contributed by atoms with Crippen molar-refractivity contribution in [2.75, 3.05) is 25.5 Å². The van der Waals surface area contributed by atoms with Crippen LogP contribution < -0.4 is 21.9 Å². The molecule has 0 radical (unpaired) electrons. The van der Waals surface area contributed by atoms with Crippen LogP contribution in [0.25, 0.3) is 26.3 Å². The molecule has 3 N–H and O–H groups in total. The predicted molar refractivity (Wildman–Crippen MR) is 188 cm³/mol. The average molecular weight is 682 g/mol. The number of nitrogens with zero attached hydrogens (tertiary/aromatic N) is 3. The summed E-state index contributed by atoms with van der Waals surface area (Å²) in [5.74, 6) is -1.61. The number of carbonyl (C=O) groups excluding carboxylic acids is 1. The zero-order valence-electron chi connectivity index (χ0n) is 26.5. The predicted octanol–water partition coefficient (Wildman–Crippen LogP) is 5.95. The third-order valence-corrected chi connectivity index (χ3v) is 9.29. The highest BCUT2D eigenvalue weighted by Gasteiger charge is 2.25. The summed E-state index contributed by atoms with van der Waals surface area (Å²) in [6.07, 6.45) is 0. The van der Waals surface area contributed by atoms with E-state index in [1.807, 2.05) is 37.4 Å². The highest BCUT2D eigenvalue weighted by atomic mass is 32.1. The molecule has 9 nitrogen and oxygen atoms in total. The first kappa shape index (κ1) is 33.5. The number of aliphatic hydroxyl groups excluding tert-OH is 1. The minimum atomic E-state index is -0.803. The van der Waals surface area contributed by atoms with E-state index in [1.165, 1.54) is 22.0 Å². The second-order valence-corrected chi connectivity index (χ2v) is 12.5. The standard InChI is InChI=1S/C37H33F2N5O4S/c1-42(21-24-9-4-2-5-10-24)22-29-32-34(46)44(27-11-6-3-7-12-27)37(48)43(23-28-30(38)13-8-14-31(28)39)35(32)49-33(29)25-15-17-26(18-16-25)41-36(47)40-19-20-45/h2-18,45H,19-23H2,1H3,(H2,40,41,47). The molecule has 0 unspecified atom stereocenters. The second kappa shape index (κ2) is 14.8. The molecule has 0 aliphatic rings. The molecule has 0 aliphatic heterocycles. The lowest BCUT2D eigenvalue weighted by Gasteiger charge is -2.18.